The van der Waals surface area contributed by atoms with E-state index in [2.05, 4.69) is 27.8 Å². The Morgan fingerprint density at radius 1 is 1.04 bits per heavy atom. The zero-order valence-corrected chi connectivity index (χ0v) is 32.4. The predicted molar refractivity (Wildman–Crippen MR) is 208 cm³/mol. The standard InChI is InChI=1S/C40H53N5O11/c1-7-17-52-18-19-53-39(49)45-35(41)27-11-13-28(14-12-27)43-36(46)31-20-26(8-2)33(51-6)21-30(31)29-15-16-32(37(47)42-22-25-9-10-25)44-34(29)38(48)55-24(5)56-40(50)54-23(3)4/h8,11-16,20-21,23-25,32,37,39,42,44,47,49H,2,7,9-10,17-19,22H2,1,3-6H3,(H2,41,45)(H,43,46). The van der Waals surface area contributed by atoms with Crippen LogP contribution in [-0.4, -0.2) is 98.6 Å². The fourth-order valence-electron chi connectivity index (χ4n) is 5.45. The number of carbonyl (C=O) groups is 3. The molecule has 1 heterocycles. The minimum absolute atomic E-state index is 0.108. The van der Waals surface area contributed by atoms with Crippen LogP contribution in [0.2, 0.25) is 0 Å². The molecule has 0 radical (unpaired) electrons. The van der Waals surface area contributed by atoms with Crippen molar-refractivity contribution < 1.29 is 53.0 Å². The molecule has 2 aromatic rings. The van der Waals surface area contributed by atoms with Gasteiger partial charge in [-0.25, -0.2) is 9.59 Å². The lowest BCUT2D eigenvalue weighted by molar-refractivity contribution is -0.164. The molecule has 0 bridgehead atoms. The molecule has 1 aliphatic heterocycles. The highest BCUT2D eigenvalue weighted by molar-refractivity contribution is 6.11. The van der Waals surface area contributed by atoms with Crippen LogP contribution in [0.3, 0.4) is 0 Å². The normalized spacial score (nSPS) is 16.6. The Hall–Kier alpha value is -5.26. The summed E-state index contributed by atoms with van der Waals surface area (Å²) < 4.78 is 31.8. The van der Waals surface area contributed by atoms with Crippen LogP contribution in [0.15, 0.2) is 60.8 Å². The van der Waals surface area contributed by atoms with Crippen LogP contribution in [0.25, 0.3) is 11.6 Å². The van der Waals surface area contributed by atoms with E-state index in [1.54, 1.807) is 62.4 Å². The number of nitrogens with one attached hydrogen (secondary N) is 5. The van der Waals surface area contributed by atoms with E-state index < -0.39 is 49.1 Å². The second-order valence-electron chi connectivity index (χ2n) is 13.4. The second kappa shape index (κ2) is 21.2. The van der Waals surface area contributed by atoms with E-state index in [1.807, 2.05) is 6.92 Å². The molecule has 0 spiro atoms. The van der Waals surface area contributed by atoms with Gasteiger partial charge in [-0.1, -0.05) is 31.7 Å². The number of aliphatic hydroxyl groups excluding tert-OH is 2. The van der Waals surface area contributed by atoms with Crippen LogP contribution < -0.4 is 26.0 Å². The molecule has 56 heavy (non-hydrogen) atoms. The average molecular weight is 780 g/mol. The molecule has 2 aromatic carbocycles. The van der Waals surface area contributed by atoms with Crippen molar-refractivity contribution in [1.29, 1.82) is 5.41 Å². The minimum Gasteiger partial charge on any atom is -0.496 e. The SMILES string of the molecule is C=Cc1cc(C(=O)Nc2ccc(C(=N)NC(O)OCCOCCC)cc2)c(C2=C(C(=O)OC(C)OC(=O)OC(C)C)NC(C(O)NCC3CC3)C=C2)cc1OC. The first-order chi connectivity index (χ1) is 26.8. The molecule has 16 heteroatoms. The third-order valence-corrected chi connectivity index (χ3v) is 8.45. The molecule has 304 valence electrons. The molecule has 1 amide bonds. The Labute approximate surface area is 326 Å². The van der Waals surface area contributed by atoms with Crippen LogP contribution in [0.1, 0.15) is 74.0 Å². The molecular formula is C40H53N5O11. The summed E-state index contributed by atoms with van der Waals surface area (Å²) in [5, 5.41) is 41.0. The van der Waals surface area contributed by atoms with Crippen molar-refractivity contribution in [2.24, 2.45) is 5.92 Å². The van der Waals surface area contributed by atoms with Gasteiger partial charge in [0, 0.05) is 53.6 Å². The van der Waals surface area contributed by atoms with Gasteiger partial charge >= 0.3 is 12.1 Å². The van der Waals surface area contributed by atoms with Gasteiger partial charge in [0.05, 0.1) is 32.5 Å². The quantitative estimate of drug-likeness (QED) is 0.0310. The number of benzene rings is 2. The van der Waals surface area contributed by atoms with Gasteiger partial charge in [0.2, 0.25) is 12.7 Å². The Bertz CT molecular complexity index is 1760. The first-order valence-corrected chi connectivity index (χ1v) is 18.5. The maximum atomic E-state index is 14.1. The van der Waals surface area contributed by atoms with Crippen molar-refractivity contribution in [3.05, 3.63) is 83.1 Å². The van der Waals surface area contributed by atoms with Gasteiger partial charge in [0.15, 0.2) is 0 Å². The highest BCUT2D eigenvalue weighted by Gasteiger charge is 2.32. The molecule has 0 saturated heterocycles. The van der Waals surface area contributed by atoms with Crippen LogP contribution >= 0.6 is 0 Å². The monoisotopic (exact) mass is 779 g/mol. The third kappa shape index (κ3) is 12.9. The van der Waals surface area contributed by atoms with Gasteiger partial charge < -0.3 is 54.6 Å². The maximum Gasteiger partial charge on any atom is 0.511 e. The van der Waals surface area contributed by atoms with E-state index in [4.69, 9.17) is 33.8 Å². The van der Waals surface area contributed by atoms with Crippen LogP contribution in [-0.2, 0) is 28.5 Å². The molecule has 7 N–H and O–H groups in total. The topological polar surface area (TPSA) is 219 Å². The van der Waals surface area contributed by atoms with Gasteiger partial charge in [-0.05, 0) is 75.4 Å². The summed E-state index contributed by atoms with van der Waals surface area (Å²) in [4.78, 5) is 40.0. The zero-order chi connectivity index (χ0) is 40.8. The zero-order valence-electron chi connectivity index (χ0n) is 32.4. The minimum atomic E-state index is -1.42. The van der Waals surface area contributed by atoms with Crippen molar-refractivity contribution >= 4 is 41.2 Å². The molecule has 1 fully saturated rings. The van der Waals surface area contributed by atoms with Crippen molar-refractivity contribution in [2.75, 3.05) is 38.8 Å². The first kappa shape index (κ1) is 43.5. The summed E-state index contributed by atoms with van der Waals surface area (Å²) in [6.45, 7) is 12.1. The number of carbonyl (C=O) groups excluding carboxylic acids is 3. The molecule has 4 rings (SSSR count). The molecule has 4 unspecified atom stereocenters. The number of amidine groups is 1. The Morgan fingerprint density at radius 2 is 1.77 bits per heavy atom. The number of dihydropyridines is 1. The fraction of sp³-hybridized carbons (Fsp3) is 0.450. The molecule has 16 nitrogen and oxygen atoms in total. The smallest absolute Gasteiger partial charge is 0.496 e. The van der Waals surface area contributed by atoms with Crippen LogP contribution in [0.5, 0.6) is 5.75 Å². The van der Waals surface area contributed by atoms with Crippen molar-refractivity contribution in [3.8, 4) is 5.75 Å². The summed E-state index contributed by atoms with van der Waals surface area (Å²) >= 11 is 0. The van der Waals surface area contributed by atoms with Gasteiger partial charge in [0.25, 0.3) is 5.91 Å². The average Bonchev–Trinajstić information content (AvgIpc) is 4.00. The molecule has 0 aromatic heterocycles. The lowest BCUT2D eigenvalue weighted by atomic mass is 9.91. The van der Waals surface area contributed by atoms with Crippen LogP contribution in [0, 0.1) is 11.3 Å². The van der Waals surface area contributed by atoms with Gasteiger partial charge in [0.1, 0.15) is 23.5 Å². The fourth-order valence-corrected chi connectivity index (χ4v) is 5.45. The van der Waals surface area contributed by atoms with Gasteiger partial charge in [-0.3, -0.25) is 15.5 Å². The predicted octanol–water partition coefficient (Wildman–Crippen LogP) is 4.23. The summed E-state index contributed by atoms with van der Waals surface area (Å²) in [5.74, 6) is -0.767. The van der Waals surface area contributed by atoms with Crippen LogP contribution in [0.4, 0.5) is 10.5 Å². The number of hydrogen-bond donors (Lipinski definition) is 7. The van der Waals surface area contributed by atoms with Crippen molar-refractivity contribution in [2.45, 2.75) is 78.0 Å². The van der Waals surface area contributed by atoms with E-state index in [1.165, 1.54) is 20.1 Å². The number of methoxy groups -OCH3 is 1. The van der Waals surface area contributed by atoms with Crippen molar-refractivity contribution in [1.82, 2.24) is 16.0 Å². The maximum absolute atomic E-state index is 14.1. The number of esters is 1. The Kier molecular flexibility index (Phi) is 16.4. The van der Waals surface area contributed by atoms with Crippen molar-refractivity contribution in [3.63, 3.8) is 0 Å². The summed E-state index contributed by atoms with van der Waals surface area (Å²) in [7, 11) is 1.46. The Balaban J connectivity index is 1.60. The summed E-state index contributed by atoms with van der Waals surface area (Å²) in [6, 6.07) is 8.72. The van der Waals surface area contributed by atoms with E-state index in [-0.39, 0.29) is 34.8 Å². The number of ether oxygens (including phenoxy) is 6. The highest BCUT2D eigenvalue weighted by Crippen LogP contribution is 2.34. The number of allylic oxidation sites excluding steroid dienone is 2. The van der Waals surface area contributed by atoms with E-state index in [0.29, 0.717) is 48.2 Å². The number of aliphatic hydroxyl groups is 2. The molecule has 2 aliphatic rings. The molecular weight excluding hydrogens is 726 g/mol. The van der Waals surface area contributed by atoms with E-state index in [9.17, 15) is 24.6 Å². The summed E-state index contributed by atoms with van der Waals surface area (Å²) in [5.41, 5.74) is 1.80. The number of rotatable bonds is 21. The number of amides is 1. The molecule has 1 saturated carbocycles. The summed E-state index contributed by atoms with van der Waals surface area (Å²) in [6.07, 6.45) is 2.45. The van der Waals surface area contributed by atoms with E-state index >= 15 is 0 Å². The lowest BCUT2D eigenvalue weighted by Crippen LogP contribution is -2.49. The van der Waals surface area contributed by atoms with Gasteiger partial charge in [-0.2, -0.15) is 0 Å². The van der Waals surface area contributed by atoms with Gasteiger partial charge in [-0.15, -0.1) is 0 Å². The molecule has 4 atom stereocenters. The molecule has 1 aliphatic carbocycles. The lowest BCUT2D eigenvalue weighted by Gasteiger charge is -2.29. The van der Waals surface area contributed by atoms with E-state index in [0.717, 1.165) is 19.3 Å². The Morgan fingerprint density at radius 3 is 2.41 bits per heavy atom. The highest BCUT2D eigenvalue weighted by atomic mass is 16.8. The first-order valence-electron chi connectivity index (χ1n) is 18.5. The third-order valence-electron chi connectivity index (χ3n) is 8.45. The number of anilines is 1. The second-order valence-corrected chi connectivity index (χ2v) is 13.4. The number of hydrogen-bond acceptors (Lipinski definition) is 14. The largest absolute Gasteiger partial charge is 0.511 e.